The summed E-state index contributed by atoms with van der Waals surface area (Å²) in [5, 5.41) is 9.39. The first-order valence-electron chi connectivity index (χ1n) is 7.06. The normalized spacial score (nSPS) is 10.2. The Kier molecular flexibility index (Phi) is 3.89. The Labute approximate surface area is 132 Å². The molecule has 2 aromatic carbocycles. The first kappa shape index (κ1) is 14.5. The molecule has 0 bridgehead atoms. The highest BCUT2D eigenvalue weighted by Gasteiger charge is 2.11. The number of hydrogen-bond donors (Lipinski definition) is 1. The molecule has 1 N–H and O–H groups in total. The van der Waals surface area contributed by atoms with Crippen molar-refractivity contribution in [2.45, 2.75) is 6.54 Å². The Balaban J connectivity index is 2.16. The summed E-state index contributed by atoms with van der Waals surface area (Å²) >= 11 is 0. The zero-order valence-electron chi connectivity index (χ0n) is 12.2. The molecular weight excluding hydrogens is 290 g/mol. The van der Waals surface area contributed by atoms with Crippen molar-refractivity contribution in [1.29, 1.82) is 5.26 Å². The molecule has 0 spiro atoms. The van der Waals surface area contributed by atoms with Crippen LogP contribution in [0.2, 0.25) is 0 Å². The summed E-state index contributed by atoms with van der Waals surface area (Å²) in [4.78, 5) is 25.3. The molecule has 3 aromatic rings. The van der Waals surface area contributed by atoms with E-state index in [1.54, 1.807) is 6.07 Å². The van der Waals surface area contributed by atoms with Crippen molar-refractivity contribution >= 4 is 0 Å². The van der Waals surface area contributed by atoms with Gasteiger partial charge < -0.3 is 0 Å². The van der Waals surface area contributed by atoms with Crippen molar-refractivity contribution in [3.8, 4) is 17.2 Å². The Morgan fingerprint density at radius 1 is 1.00 bits per heavy atom. The fourth-order valence-corrected chi connectivity index (χ4v) is 2.49. The van der Waals surface area contributed by atoms with E-state index >= 15 is 0 Å². The summed E-state index contributed by atoms with van der Waals surface area (Å²) in [6.45, 7) is 0.212. The van der Waals surface area contributed by atoms with Gasteiger partial charge in [-0.3, -0.25) is 14.3 Å². The molecular formula is C18H13N3O2. The van der Waals surface area contributed by atoms with E-state index in [9.17, 15) is 14.9 Å². The lowest BCUT2D eigenvalue weighted by molar-refractivity contribution is 0.720. The van der Waals surface area contributed by atoms with Crippen molar-refractivity contribution in [3.63, 3.8) is 0 Å². The van der Waals surface area contributed by atoms with Crippen LogP contribution in [0, 0.1) is 11.3 Å². The molecule has 112 valence electrons. The summed E-state index contributed by atoms with van der Waals surface area (Å²) in [6.07, 6.45) is 1.43. The molecule has 3 rings (SSSR count). The summed E-state index contributed by atoms with van der Waals surface area (Å²) in [6, 6.07) is 18.6. The second-order valence-corrected chi connectivity index (χ2v) is 5.05. The third-order valence-corrected chi connectivity index (χ3v) is 3.61. The molecule has 1 heterocycles. The Bertz CT molecular complexity index is 995. The lowest BCUT2D eigenvalue weighted by Gasteiger charge is -2.13. The number of H-pyrrole nitrogens is 1. The van der Waals surface area contributed by atoms with Crippen molar-refractivity contribution in [2.24, 2.45) is 0 Å². The Morgan fingerprint density at radius 3 is 2.48 bits per heavy atom. The van der Waals surface area contributed by atoms with Gasteiger partial charge in [0.2, 0.25) is 0 Å². The van der Waals surface area contributed by atoms with Crippen LogP contribution in [-0.2, 0) is 6.54 Å². The molecule has 0 saturated carbocycles. The lowest BCUT2D eigenvalue weighted by atomic mass is 9.95. The highest BCUT2D eigenvalue weighted by atomic mass is 16.2. The highest BCUT2D eigenvalue weighted by Crippen LogP contribution is 2.26. The van der Waals surface area contributed by atoms with Crippen LogP contribution in [0.25, 0.3) is 11.1 Å². The van der Waals surface area contributed by atoms with E-state index in [1.165, 1.54) is 16.8 Å². The molecule has 0 fully saturated rings. The first-order valence-corrected chi connectivity index (χ1v) is 7.06. The first-order chi connectivity index (χ1) is 11.2. The molecule has 0 radical (unpaired) electrons. The molecule has 0 aliphatic heterocycles. The van der Waals surface area contributed by atoms with Crippen LogP contribution in [0.5, 0.6) is 0 Å². The molecule has 0 aliphatic carbocycles. The molecule has 0 amide bonds. The van der Waals surface area contributed by atoms with Crippen molar-refractivity contribution in [3.05, 3.63) is 92.8 Å². The standard InChI is InChI=1S/C18H13N3O2/c19-11-14-7-4-8-15(13-5-2-1-3-6-13)16(14)12-21-10-9-17(22)20-18(21)23/h1-10H,12H2,(H,20,22,23). The minimum Gasteiger partial charge on any atom is -0.296 e. The maximum Gasteiger partial charge on any atom is 0.328 e. The number of nitrogens with one attached hydrogen (secondary N) is 1. The van der Waals surface area contributed by atoms with Crippen molar-refractivity contribution < 1.29 is 0 Å². The molecule has 5 heteroatoms. The van der Waals surface area contributed by atoms with Gasteiger partial charge in [0.1, 0.15) is 0 Å². The fraction of sp³-hybridized carbons (Fsp3) is 0.0556. The van der Waals surface area contributed by atoms with Crippen molar-refractivity contribution in [2.75, 3.05) is 0 Å². The number of nitrogens with zero attached hydrogens (tertiary/aromatic N) is 2. The van der Waals surface area contributed by atoms with Crippen LogP contribution in [0.15, 0.2) is 70.4 Å². The van der Waals surface area contributed by atoms with Gasteiger partial charge in [-0.2, -0.15) is 5.26 Å². The second-order valence-electron chi connectivity index (χ2n) is 5.05. The van der Waals surface area contributed by atoms with Gasteiger partial charge in [-0.1, -0.05) is 42.5 Å². The molecule has 23 heavy (non-hydrogen) atoms. The van der Waals surface area contributed by atoms with Gasteiger partial charge in [-0.25, -0.2) is 4.79 Å². The summed E-state index contributed by atoms with van der Waals surface area (Å²) in [5.74, 6) is 0. The van der Waals surface area contributed by atoms with Gasteiger partial charge >= 0.3 is 5.69 Å². The SMILES string of the molecule is N#Cc1cccc(-c2ccccc2)c1Cn1ccc(=O)[nH]c1=O. The average molecular weight is 303 g/mol. The minimum atomic E-state index is -0.496. The van der Waals surface area contributed by atoms with Crippen LogP contribution in [-0.4, -0.2) is 9.55 Å². The summed E-state index contributed by atoms with van der Waals surface area (Å²) in [7, 11) is 0. The molecule has 0 unspecified atom stereocenters. The number of hydrogen-bond acceptors (Lipinski definition) is 3. The molecule has 0 aliphatic rings. The second kappa shape index (κ2) is 6.16. The van der Waals surface area contributed by atoms with Gasteiger partial charge in [-0.15, -0.1) is 0 Å². The van der Waals surface area contributed by atoms with Gasteiger partial charge in [0, 0.05) is 12.3 Å². The van der Waals surface area contributed by atoms with E-state index in [1.807, 2.05) is 42.5 Å². The maximum atomic E-state index is 11.9. The average Bonchev–Trinajstić information content (AvgIpc) is 2.58. The zero-order chi connectivity index (χ0) is 16.2. The molecule has 0 atom stereocenters. The fourth-order valence-electron chi connectivity index (χ4n) is 2.49. The Hall–Kier alpha value is -3.39. The molecule has 0 saturated heterocycles. The van der Waals surface area contributed by atoms with Gasteiger partial charge in [0.15, 0.2) is 0 Å². The zero-order valence-corrected chi connectivity index (χ0v) is 12.2. The molecule has 1 aromatic heterocycles. The molecule has 5 nitrogen and oxygen atoms in total. The van der Waals surface area contributed by atoms with E-state index in [2.05, 4.69) is 11.1 Å². The van der Waals surface area contributed by atoms with E-state index in [0.29, 0.717) is 5.56 Å². The number of aromatic nitrogens is 2. The van der Waals surface area contributed by atoms with Crippen LogP contribution < -0.4 is 11.2 Å². The third kappa shape index (κ3) is 2.97. The smallest absolute Gasteiger partial charge is 0.296 e. The van der Waals surface area contributed by atoms with Crippen molar-refractivity contribution in [1.82, 2.24) is 9.55 Å². The van der Waals surface area contributed by atoms with Crippen LogP contribution in [0.4, 0.5) is 0 Å². The van der Waals surface area contributed by atoms with E-state index < -0.39 is 11.2 Å². The van der Waals surface area contributed by atoms with E-state index in [-0.39, 0.29) is 6.54 Å². The number of nitriles is 1. The predicted octanol–water partition coefficient (Wildman–Crippen LogP) is 2.12. The number of aromatic amines is 1. The van der Waals surface area contributed by atoms with Gasteiger partial charge in [0.05, 0.1) is 18.2 Å². The minimum absolute atomic E-state index is 0.212. The van der Waals surface area contributed by atoms with Gasteiger partial charge in [0.25, 0.3) is 5.56 Å². The predicted molar refractivity (Wildman–Crippen MR) is 87.0 cm³/mol. The third-order valence-electron chi connectivity index (χ3n) is 3.61. The van der Waals surface area contributed by atoms with Crippen LogP contribution in [0.3, 0.4) is 0 Å². The highest BCUT2D eigenvalue weighted by molar-refractivity contribution is 5.70. The lowest BCUT2D eigenvalue weighted by Crippen LogP contribution is -2.29. The largest absolute Gasteiger partial charge is 0.328 e. The quantitative estimate of drug-likeness (QED) is 0.805. The number of benzene rings is 2. The monoisotopic (exact) mass is 303 g/mol. The van der Waals surface area contributed by atoms with Crippen LogP contribution in [0.1, 0.15) is 11.1 Å². The van der Waals surface area contributed by atoms with Crippen LogP contribution >= 0.6 is 0 Å². The summed E-state index contributed by atoms with van der Waals surface area (Å²) in [5.41, 5.74) is 2.17. The van der Waals surface area contributed by atoms with E-state index in [0.717, 1.165) is 16.7 Å². The topological polar surface area (TPSA) is 78.7 Å². The Morgan fingerprint density at radius 2 is 1.78 bits per heavy atom. The number of rotatable bonds is 3. The maximum absolute atomic E-state index is 11.9. The van der Waals surface area contributed by atoms with E-state index in [4.69, 9.17) is 0 Å². The summed E-state index contributed by atoms with van der Waals surface area (Å²) < 4.78 is 1.38. The van der Waals surface area contributed by atoms with Gasteiger partial charge in [-0.05, 0) is 22.8 Å².